The number of halogens is 3. The van der Waals surface area contributed by atoms with Crippen LogP contribution in [0.3, 0.4) is 0 Å². The summed E-state index contributed by atoms with van der Waals surface area (Å²) in [5.41, 5.74) is 0.828. The van der Waals surface area contributed by atoms with Gasteiger partial charge in [-0.15, -0.1) is 10.2 Å². The van der Waals surface area contributed by atoms with Gasteiger partial charge in [-0.05, 0) is 23.8 Å². The maximum absolute atomic E-state index is 13.6. The lowest BCUT2D eigenvalue weighted by atomic mass is 10.1. The Morgan fingerprint density at radius 2 is 1.83 bits per heavy atom. The van der Waals surface area contributed by atoms with Crippen LogP contribution < -0.4 is 0 Å². The first-order chi connectivity index (χ1) is 11.1. The predicted octanol–water partition coefficient (Wildman–Crippen LogP) is 3.28. The highest BCUT2D eigenvalue weighted by Gasteiger charge is 2.19. The molecule has 1 aromatic carbocycles. The molecule has 0 radical (unpaired) electrons. The Morgan fingerprint density at radius 1 is 1.04 bits per heavy atom. The van der Waals surface area contributed by atoms with Crippen LogP contribution in [0.25, 0.3) is 22.9 Å². The molecule has 2 aromatic heterocycles. The molecule has 0 aliphatic carbocycles. The van der Waals surface area contributed by atoms with E-state index in [0.29, 0.717) is 11.6 Å². The van der Waals surface area contributed by atoms with E-state index in [4.69, 9.17) is 9.68 Å². The molecular formula is C15H7F3N4O. The van der Waals surface area contributed by atoms with Crippen molar-refractivity contribution in [2.75, 3.05) is 0 Å². The highest BCUT2D eigenvalue weighted by atomic mass is 19.2. The molecule has 114 valence electrons. The van der Waals surface area contributed by atoms with Gasteiger partial charge in [-0.3, -0.25) is 0 Å². The third-order valence-electron chi connectivity index (χ3n) is 3.00. The average Bonchev–Trinajstić information content (AvgIpc) is 3.01. The molecule has 0 saturated heterocycles. The molecule has 5 nitrogen and oxygen atoms in total. The normalized spacial score (nSPS) is 10.5. The van der Waals surface area contributed by atoms with E-state index in [2.05, 4.69) is 15.2 Å². The standard InChI is InChI=1S/C15H7F3N4O/c16-11-7-10(12(17)20-13(11)18)15-22-21-14(23-15)9-3-1-2-8(6-9)4-5-19/h1-3,6-7H,4H2. The molecule has 0 atom stereocenters. The summed E-state index contributed by atoms with van der Waals surface area (Å²) in [5, 5.41) is 16.1. The van der Waals surface area contributed by atoms with Crippen molar-refractivity contribution < 1.29 is 17.6 Å². The van der Waals surface area contributed by atoms with Gasteiger partial charge < -0.3 is 4.42 Å². The third kappa shape index (κ3) is 2.89. The molecule has 0 unspecified atom stereocenters. The predicted molar refractivity (Wildman–Crippen MR) is 72.2 cm³/mol. The van der Waals surface area contributed by atoms with Crippen LogP contribution in [0.2, 0.25) is 0 Å². The fraction of sp³-hybridized carbons (Fsp3) is 0.0667. The third-order valence-corrected chi connectivity index (χ3v) is 3.00. The van der Waals surface area contributed by atoms with E-state index in [1.807, 2.05) is 6.07 Å². The number of benzene rings is 1. The summed E-state index contributed by atoms with van der Waals surface area (Å²) < 4.78 is 44.9. The zero-order valence-corrected chi connectivity index (χ0v) is 11.4. The quantitative estimate of drug-likeness (QED) is 0.693. The molecule has 0 fully saturated rings. The summed E-state index contributed by atoms with van der Waals surface area (Å²) in [4.78, 5) is 2.80. The zero-order valence-electron chi connectivity index (χ0n) is 11.4. The number of rotatable bonds is 3. The van der Waals surface area contributed by atoms with Gasteiger partial charge in [0.1, 0.15) is 0 Å². The first-order valence-electron chi connectivity index (χ1n) is 6.40. The number of hydrogen-bond donors (Lipinski definition) is 0. The van der Waals surface area contributed by atoms with Gasteiger partial charge in [0.05, 0.1) is 18.1 Å². The molecule has 0 amide bonds. The van der Waals surface area contributed by atoms with E-state index >= 15 is 0 Å². The average molecular weight is 316 g/mol. The number of nitriles is 1. The Balaban J connectivity index is 2.00. The van der Waals surface area contributed by atoms with Crippen molar-refractivity contribution >= 4 is 0 Å². The molecule has 3 aromatic rings. The molecule has 0 spiro atoms. The number of aromatic nitrogens is 3. The number of pyridine rings is 1. The minimum Gasteiger partial charge on any atom is -0.416 e. The Hall–Kier alpha value is -3.21. The van der Waals surface area contributed by atoms with E-state index in [9.17, 15) is 13.2 Å². The van der Waals surface area contributed by atoms with Crippen molar-refractivity contribution in [1.82, 2.24) is 15.2 Å². The van der Waals surface area contributed by atoms with Crippen LogP contribution in [0.4, 0.5) is 13.2 Å². The molecule has 0 saturated carbocycles. The Kier molecular flexibility index (Phi) is 3.76. The smallest absolute Gasteiger partial charge is 0.252 e. The monoisotopic (exact) mass is 316 g/mol. The number of hydrogen-bond acceptors (Lipinski definition) is 5. The van der Waals surface area contributed by atoms with Gasteiger partial charge in [0.15, 0.2) is 5.82 Å². The van der Waals surface area contributed by atoms with Crippen molar-refractivity contribution in [1.29, 1.82) is 5.26 Å². The van der Waals surface area contributed by atoms with E-state index in [1.165, 1.54) is 0 Å². The first kappa shape index (κ1) is 14.7. The molecule has 0 N–H and O–H groups in total. The van der Waals surface area contributed by atoms with E-state index in [-0.39, 0.29) is 18.2 Å². The summed E-state index contributed by atoms with van der Waals surface area (Å²) >= 11 is 0. The Bertz CT molecular complexity index is 917. The van der Waals surface area contributed by atoms with Crippen LogP contribution in [0.15, 0.2) is 34.7 Å². The summed E-state index contributed by atoms with van der Waals surface area (Å²) in [6, 6.07) is 9.39. The van der Waals surface area contributed by atoms with Gasteiger partial charge in [0.25, 0.3) is 11.8 Å². The highest BCUT2D eigenvalue weighted by molar-refractivity contribution is 5.58. The molecule has 0 aliphatic heterocycles. The van der Waals surface area contributed by atoms with Crippen LogP contribution in [0.5, 0.6) is 0 Å². The van der Waals surface area contributed by atoms with E-state index < -0.39 is 23.3 Å². The maximum Gasteiger partial charge on any atom is 0.252 e. The van der Waals surface area contributed by atoms with Crippen LogP contribution in [-0.2, 0) is 6.42 Å². The Labute approximate surface area is 128 Å². The summed E-state index contributed by atoms with van der Waals surface area (Å²) in [6.45, 7) is 0. The van der Waals surface area contributed by atoms with Crippen molar-refractivity contribution in [3.8, 4) is 29.0 Å². The molecule has 0 aliphatic rings. The topological polar surface area (TPSA) is 75.6 Å². The highest BCUT2D eigenvalue weighted by Crippen LogP contribution is 2.26. The van der Waals surface area contributed by atoms with Crippen molar-refractivity contribution in [3.05, 3.63) is 53.6 Å². The van der Waals surface area contributed by atoms with E-state index in [0.717, 1.165) is 5.56 Å². The van der Waals surface area contributed by atoms with Gasteiger partial charge in [0.2, 0.25) is 11.8 Å². The largest absolute Gasteiger partial charge is 0.416 e. The fourth-order valence-electron chi connectivity index (χ4n) is 1.95. The van der Waals surface area contributed by atoms with Crippen LogP contribution in [-0.4, -0.2) is 15.2 Å². The van der Waals surface area contributed by atoms with Crippen LogP contribution in [0.1, 0.15) is 5.56 Å². The van der Waals surface area contributed by atoms with Crippen LogP contribution >= 0.6 is 0 Å². The minimum atomic E-state index is -1.55. The molecule has 3 rings (SSSR count). The van der Waals surface area contributed by atoms with Crippen molar-refractivity contribution in [2.24, 2.45) is 0 Å². The molecular weight excluding hydrogens is 309 g/mol. The molecule has 23 heavy (non-hydrogen) atoms. The van der Waals surface area contributed by atoms with E-state index in [1.54, 1.807) is 24.3 Å². The zero-order chi connectivity index (χ0) is 16.4. The lowest BCUT2D eigenvalue weighted by Crippen LogP contribution is -1.97. The van der Waals surface area contributed by atoms with Gasteiger partial charge in [-0.1, -0.05) is 12.1 Å². The minimum absolute atomic E-state index is 0.0592. The number of nitrogens with zero attached hydrogens (tertiary/aromatic N) is 4. The lowest BCUT2D eigenvalue weighted by Gasteiger charge is -1.99. The van der Waals surface area contributed by atoms with Crippen LogP contribution in [0, 0.1) is 29.0 Å². The first-order valence-corrected chi connectivity index (χ1v) is 6.40. The van der Waals surface area contributed by atoms with Gasteiger partial charge in [0, 0.05) is 5.56 Å². The fourth-order valence-corrected chi connectivity index (χ4v) is 1.95. The summed E-state index contributed by atoms with van der Waals surface area (Å²) in [5.74, 6) is -4.39. The maximum atomic E-state index is 13.6. The molecule has 8 heteroatoms. The molecule has 2 heterocycles. The second kappa shape index (κ2) is 5.88. The SMILES string of the molecule is N#CCc1cccc(-c2nnc(-c3cc(F)c(F)nc3F)o2)c1. The molecule has 0 bridgehead atoms. The van der Waals surface area contributed by atoms with Gasteiger partial charge in [-0.25, -0.2) is 4.39 Å². The Morgan fingerprint density at radius 3 is 2.61 bits per heavy atom. The second-order valence-corrected chi connectivity index (χ2v) is 4.55. The summed E-state index contributed by atoms with van der Waals surface area (Å²) in [6.07, 6.45) is 0.205. The summed E-state index contributed by atoms with van der Waals surface area (Å²) in [7, 11) is 0. The van der Waals surface area contributed by atoms with Crippen molar-refractivity contribution in [2.45, 2.75) is 6.42 Å². The van der Waals surface area contributed by atoms with Gasteiger partial charge >= 0.3 is 0 Å². The van der Waals surface area contributed by atoms with Crippen molar-refractivity contribution in [3.63, 3.8) is 0 Å². The van der Waals surface area contributed by atoms with Gasteiger partial charge in [-0.2, -0.15) is 19.0 Å². The second-order valence-electron chi connectivity index (χ2n) is 4.55. The lowest BCUT2D eigenvalue weighted by molar-refractivity contribution is 0.446.